The number of nitrogens with one attached hydrogen (secondary N) is 1. The number of rotatable bonds is 4. The summed E-state index contributed by atoms with van der Waals surface area (Å²) in [5.41, 5.74) is 0.322. The van der Waals surface area contributed by atoms with Crippen LogP contribution in [0.25, 0.3) is 0 Å². The number of aromatic nitrogens is 2. The number of carbonyl (C=O) groups excluding carboxylic acids is 1. The first-order chi connectivity index (χ1) is 11.1. The van der Waals surface area contributed by atoms with Crippen molar-refractivity contribution < 1.29 is 13.9 Å². The Morgan fingerprint density at radius 3 is 3.09 bits per heavy atom. The maximum Gasteiger partial charge on any atom is 0.260 e. The van der Waals surface area contributed by atoms with Crippen LogP contribution in [0.5, 0.6) is 0 Å². The average Bonchev–Trinajstić information content (AvgIpc) is 2.95. The fourth-order valence-corrected chi connectivity index (χ4v) is 2.85. The molecule has 1 amide bonds. The van der Waals surface area contributed by atoms with E-state index in [4.69, 9.17) is 16.3 Å². The van der Waals surface area contributed by atoms with E-state index in [1.54, 1.807) is 10.9 Å². The van der Waals surface area contributed by atoms with Crippen molar-refractivity contribution in [1.82, 2.24) is 9.78 Å². The van der Waals surface area contributed by atoms with E-state index in [2.05, 4.69) is 10.4 Å². The molecule has 0 bridgehead atoms. The number of nitrogens with zero attached hydrogens (tertiary/aromatic N) is 2. The molecule has 2 aromatic rings. The summed E-state index contributed by atoms with van der Waals surface area (Å²) in [6, 6.07) is 4.13. The van der Waals surface area contributed by atoms with Gasteiger partial charge in [-0.15, -0.1) is 0 Å². The van der Waals surface area contributed by atoms with Crippen LogP contribution in [0.15, 0.2) is 30.6 Å². The second-order valence-corrected chi connectivity index (χ2v) is 5.90. The van der Waals surface area contributed by atoms with E-state index in [-0.39, 0.29) is 16.7 Å². The number of hydrogen-bond donors (Lipinski definition) is 1. The molecule has 1 aliphatic rings. The maximum atomic E-state index is 13.7. The van der Waals surface area contributed by atoms with Gasteiger partial charge in [0.15, 0.2) is 0 Å². The quantitative estimate of drug-likeness (QED) is 0.929. The zero-order chi connectivity index (χ0) is 16.2. The molecule has 5 nitrogen and oxygen atoms in total. The number of benzene rings is 1. The summed E-state index contributed by atoms with van der Waals surface area (Å²) in [6.45, 7) is 1.41. The molecule has 1 atom stereocenters. The highest BCUT2D eigenvalue weighted by Gasteiger charge is 2.18. The number of amides is 1. The third kappa shape index (κ3) is 3.89. The number of ether oxygens (including phenoxy) is 1. The molecule has 1 saturated heterocycles. The zero-order valence-electron chi connectivity index (χ0n) is 12.5. The lowest BCUT2D eigenvalue weighted by Crippen LogP contribution is -2.24. The van der Waals surface area contributed by atoms with Crippen LogP contribution in [0, 0.1) is 5.82 Å². The number of hydrogen-bond acceptors (Lipinski definition) is 3. The standard InChI is InChI=1S/C16H17ClFN3O2/c17-13-5-3-6-14(18)15(13)16(22)20-11-8-19-21(9-11)10-12-4-1-2-7-23-12/h3,5-6,8-9,12H,1-2,4,7,10H2,(H,20,22)/t12-/m0/s1. The average molecular weight is 338 g/mol. The molecular weight excluding hydrogens is 321 g/mol. The number of carbonyl (C=O) groups is 1. The van der Waals surface area contributed by atoms with E-state index >= 15 is 0 Å². The van der Waals surface area contributed by atoms with Gasteiger partial charge >= 0.3 is 0 Å². The molecule has 23 heavy (non-hydrogen) atoms. The smallest absolute Gasteiger partial charge is 0.260 e. The molecular formula is C16H17ClFN3O2. The van der Waals surface area contributed by atoms with Crippen LogP contribution in [-0.2, 0) is 11.3 Å². The summed E-state index contributed by atoms with van der Waals surface area (Å²) in [5.74, 6) is -1.25. The Bertz CT molecular complexity index is 678. The number of halogens is 2. The molecule has 3 rings (SSSR count). The van der Waals surface area contributed by atoms with E-state index in [9.17, 15) is 9.18 Å². The molecule has 1 aromatic carbocycles. The number of anilines is 1. The Morgan fingerprint density at radius 1 is 1.48 bits per heavy atom. The lowest BCUT2D eigenvalue weighted by atomic mass is 10.1. The summed E-state index contributed by atoms with van der Waals surface area (Å²) in [7, 11) is 0. The monoisotopic (exact) mass is 337 g/mol. The first-order valence-corrected chi connectivity index (χ1v) is 7.90. The Balaban J connectivity index is 1.65. The van der Waals surface area contributed by atoms with Gasteiger partial charge in [-0.25, -0.2) is 4.39 Å². The largest absolute Gasteiger partial charge is 0.376 e. The van der Waals surface area contributed by atoms with Gasteiger partial charge in [-0.2, -0.15) is 5.10 Å². The van der Waals surface area contributed by atoms with Crippen molar-refractivity contribution in [3.8, 4) is 0 Å². The Morgan fingerprint density at radius 2 is 2.35 bits per heavy atom. The SMILES string of the molecule is O=C(Nc1cnn(C[C@@H]2CCCCO2)c1)c1c(F)cccc1Cl. The van der Waals surface area contributed by atoms with Crippen LogP contribution in [0.3, 0.4) is 0 Å². The van der Waals surface area contributed by atoms with Gasteiger partial charge in [-0.3, -0.25) is 9.48 Å². The minimum atomic E-state index is -0.655. The van der Waals surface area contributed by atoms with Gasteiger partial charge in [0, 0.05) is 12.8 Å². The van der Waals surface area contributed by atoms with Crippen molar-refractivity contribution in [2.45, 2.75) is 31.9 Å². The summed E-state index contributed by atoms with van der Waals surface area (Å²) in [6.07, 6.45) is 6.63. The summed E-state index contributed by atoms with van der Waals surface area (Å²) < 4.78 is 21.1. The molecule has 1 aromatic heterocycles. The molecule has 0 spiro atoms. The second kappa shape index (κ2) is 7.10. The lowest BCUT2D eigenvalue weighted by Gasteiger charge is -2.22. The lowest BCUT2D eigenvalue weighted by molar-refractivity contribution is 0.00401. The minimum Gasteiger partial charge on any atom is -0.376 e. The van der Waals surface area contributed by atoms with Crippen molar-refractivity contribution in [1.29, 1.82) is 0 Å². The fourth-order valence-electron chi connectivity index (χ4n) is 2.60. The predicted molar refractivity (Wildman–Crippen MR) is 85.2 cm³/mol. The summed E-state index contributed by atoms with van der Waals surface area (Å²) in [4.78, 5) is 12.2. The molecule has 0 unspecified atom stereocenters. The topological polar surface area (TPSA) is 56.2 Å². The van der Waals surface area contributed by atoms with Crippen molar-refractivity contribution in [2.75, 3.05) is 11.9 Å². The van der Waals surface area contributed by atoms with Crippen LogP contribution < -0.4 is 5.32 Å². The van der Waals surface area contributed by atoms with Crippen LogP contribution in [0.4, 0.5) is 10.1 Å². The molecule has 1 aliphatic heterocycles. The minimum absolute atomic E-state index is 0.0745. The van der Waals surface area contributed by atoms with E-state index in [1.165, 1.54) is 24.4 Å². The van der Waals surface area contributed by atoms with Crippen molar-refractivity contribution in [2.24, 2.45) is 0 Å². The Hall–Kier alpha value is -1.92. The first-order valence-electron chi connectivity index (χ1n) is 7.53. The highest BCUT2D eigenvalue weighted by atomic mass is 35.5. The van der Waals surface area contributed by atoms with Gasteiger partial charge in [-0.1, -0.05) is 17.7 Å². The molecule has 0 radical (unpaired) electrons. The second-order valence-electron chi connectivity index (χ2n) is 5.49. The molecule has 0 saturated carbocycles. The molecule has 7 heteroatoms. The molecule has 1 fully saturated rings. The van der Waals surface area contributed by atoms with Gasteiger partial charge in [-0.05, 0) is 31.4 Å². The van der Waals surface area contributed by atoms with Crippen molar-refractivity contribution >= 4 is 23.2 Å². The summed E-state index contributed by atoms with van der Waals surface area (Å²) >= 11 is 5.89. The van der Waals surface area contributed by atoms with Crippen molar-refractivity contribution in [3.63, 3.8) is 0 Å². The Kier molecular flexibility index (Phi) is 4.93. The van der Waals surface area contributed by atoms with Gasteiger partial charge in [0.05, 0.1) is 35.1 Å². The van der Waals surface area contributed by atoms with Gasteiger partial charge in [0.2, 0.25) is 0 Å². The van der Waals surface area contributed by atoms with Crippen molar-refractivity contribution in [3.05, 3.63) is 47.0 Å². The molecule has 2 heterocycles. The normalized spacial score (nSPS) is 17.9. The maximum absolute atomic E-state index is 13.7. The highest BCUT2D eigenvalue weighted by Crippen LogP contribution is 2.21. The van der Waals surface area contributed by atoms with Gasteiger partial charge in [0.1, 0.15) is 5.82 Å². The summed E-state index contributed by atoms with van der Waals surface area (Å²) in [5, 5.41) is 6.88. The predicted octanol–water partition coefficient (Wildman–Crippen LogP) is 3.50. The molecule has 122 valence electrons. The van der Waals surface area contributed by atoms with E-state index < -0.39 is 11.7 Å². The van der Waals surface area contributed by atoms with Gasteiger partial charge in [0.25, 0.3) is 5.91 Å². The van der Waals surface area contributed by atoms with Crippen LogP contribution in [0.2, 0.25) is 5.02 Å². The fraction of sp³-hybridized carbons (Fsp3) is 0.375. The third-order valence-corrected chi connectivity index (χ3v) is 4.06. The van der Waals surface area contributed by atoms with Crippen LogP contribution in [0.1, 0.15) is 29.6 Å². The first kappa shape index (κ1) is 16.0. The Labute approximate surface area is 138 Å². The van der Waals surface area contributed by atoms with E-state index in [1.807, 2.05) is 0 Å². The molecule has 1 N–H and O–H groups in total. The molecule has 0 aliphatic carbocycles. The third-order valence-electron chi connectivity index (χ3n) is 3.75. The highest BCUT2D eigenvalue weighted by molar-refractivity contribution is 6.34. The van der Waals surface area contributed by atoms with Crippen LogP contribution >= 0.6 is 11.6 Å². The van der Waals surface area contributed by atoms with Crippen LogP contribution in [-0.4, -0.2) is 28.4 Å². The zero-order valence-corrected chi connectivity index (χ0v) is 13.2. The van der Waals surface area contributed by atoms with E-state index in [0.29, 0.717) is 12.2 Å². The van der Waals surface area contributed by atoms with Gasteiger partial charge < -0.3 is 10.1 Å². The van der Waals surface area contributed by atoms with E-state index in [0.717, 1.165) is 25.9 Å².